The van der Waals surface area contributed by atoms with Gasteiger partial charge in [-0.1, -0.05) is 0 Å². The summed E-state index contributed by atoms with van der Waals surface area (Å²) in [6.45, 7) is 1.38. The molecule has 2 saturated heterocycles. The van der Waals surface area contributed by atoms with Crippen molar-refractivity contribution in [3.05, 3.63) is 29.8 Å². The minimum atomic E-state index is -0.707. The minimum absolute atomic E-state index is 0.0124. The minimum Gasteiger partial charge on any atom is -0.491 e. The van der Waals surface area contributed by atoms with Crippen LogP contribution in [0.1, 0.15) is 36.0 Å². The maximum atomic E-state index is 12.6. The molecule has 24 heavy (non-hydrogen) atoms. The molecule has 0 unspecified atom stereocenters. The van der Waals surface area contributed by atoms with Crippen LogP contribution in [0.25, 0.3) is 0 Å². The molecule has 3 rings (SSSR count). The Bertz CT molecular complexity index is 573. The molecule has 6 heteroatoms. The Hall–Kier alpha value is -1.40. The third-order valence-electron chi connectivity index (χ3n) is 4.79. The zero-order chi connectivity index (χ0) is 16.9. The summed E-state index contributed by atoms with van der Waals surface area (Å²) in [6.07, 6.45) is 3.97. The van der Waals surface area contributed by atoms with Crippen molar-refractivity contribution in [2.45, 2.75) is 37.8 Å². The van der Waals surface area contributed by atoms with Gasteiger partial charge in [0, 0.05) is 47.6 Å². The molecule has 2 aliphatic rings. The Morgan fingerprint density at radius 2 is 1.96 bits per heavy atom. The molecule has 0 saturated carbocycles. The molecule has 132 valence electrons. The Labute approximate surface area is 145 Å². The molecule has 0 N–H and O–H groups in total. The highest BCUT2D eigenvalue weighted by molar-refractivity contribution is 7.85. The second kappa shape index (κ2) is 8.12. The van der Waals surface area contributed by atoms with E-state index in [1.54, 1.807) is 4.90 Å². The monoisotopic (exact) mass is 351 g/mol. The van der Waals surface area contributed by atoms with Gasteiger partial charge in [0.25, 0.3) is 5.91 Å². The van der Waals surface area contributed by atoms with Crippen LogP contribution >= 0.6 is 0 Å². The van der Waals surface area contributed by atoms with Crippen molar-refractivity contribution in [1.82, 2.24) is 4.90 Å². The van der Waals surface area contributed by atoms with Crippen LogP contribution in [-0.4, -0.2) is 58.9 Å². The highest BCUT2D eigenvalue weighted by Gasteiger charge is 2.25. The lowest BCUT2D eigenvalue weighted by Gasteiger charge is -2.31. The summed E-state index contributed by atoms with van der Waals surface area (Å²) in [6, 6.07) is 7.48. The fourth-order valence-electron chi connectivity index (χ4n) is 3.20. The smallest absolute Gasteiger partial charge is 0.253 e. The first-order valence-corrected chi connectivity index (χ1v) is 10.1. The van der Waals surface area contributed by atoms with E-state index >= 15 is 0 Å². The van der Waals surface area contributed by atoms with Crippen LogP contribution in [0.3, 0.4) is 0 Å². The van der Waals surface area contributed by atoms with Crippen molar-refractivity contribution in [3.63, 3.8) is 0 Å². The first-order valence-electron chi connectivity index (χ1n) is 8.60. The highest BCUT2D eigenvalue weighted by Crippen LogP contribution is 2.20. The van der Waals surface area contributed by atoms with Crippen LogP contribution < -0.4 is 4.74 Å². The lowest BCUT2D eigenvalue weighted by atomic mass is 10.1. The molecular weight excluding hydrogens is 326 g/mol. The number of rotatable bonds is 5. The van der Waals surface area contributed by atoms with Crippen LogP contribution in [-0.2, 0) is 15.5 Å². The number of hydrogen-bond acceptors (Lipinski definition) is 4. The quantitative estimate of drug-likeness (QED) is 0.816. The van der Waals surface area contributed by atoms with Gasteiger partial charge in [-0.05, 0) is 49.9 Å². The van der Waals surface area contributed by atoms with Crippen LogP contribution in [0.4, 0.5) is 0 Å². The normalized spacial score (nSPS) is 27.0. The van der Waals surface area contributed by atoms with Crippen LogP contribution in [0, 0.1) is 0 Å². The van der Waals surface area contributed by atoms with Crippen molar-refractivity contribution in [1.29, 1.82) is 0 Å². The molecule has 0 spiro atoms. The fourth-order valence-corrected chi connectivity index (χ4v) is 4.47. The average molecular weight is 351 g/mol. The van der Waals surface area contributed by atoms with Gasteiger partial charge in [-0.2, -0.15) is 0 Å². The zero-order valence-electron chi connectivity index (χ0n) is 14.1. The molecule has 5 nitrogen and oxygen atoms in total. The molecule has 1 aromatic rings. The average Bonchev–Trinajstić information content (AvgIpc) is 3.13. The topological polar surface area (TPSA) is 55.8 Å². The van der Waals surface area contributed by atoms with E-state index in [0.29, 0.717) is 23.7 Å². The highest BCUT2D eigenvalue weighted by atomic mass is 32.2. The van der Waals surface area contributed by atoms with Gasteiger partial charge in [-0.3, -0.25) is 9.00 Å². The number of nitrogens with zero attached hydrogens (tertiary/aromatic N) is 1. The predicted molar refractivity (Wildman–Crippen MR) is 93.9 cm³/mol. The van der Waals surface area contributed by atoms with E-state index in [4.69, 9.17) is 9.47 Å². The Morgan fingerprint density at radius 1 is 1.25 bits per heavy atom. The number of benzene rings is 1. The number of amides is 1. The summed E-state index contributed by atoms with van der Waals surface area (Å²) in [4.78, 5) is 14.4. The number of hydrogen-bond donors (Lipinski definition) is 0. The van der Waals surface area contributed by atoms with Crippen molar-refractivity contribution in [2.75, 3.05) is 31.8 Å². The molecule has 2 heterocycles. The molecule has 0 radical (unpaired) electrons. The summed E-state index contributed by atoms with van der Waals surface area (Å²) >= 11 is 0. The number of carbonyl (C=O) groups is 1. The SMILES string of the molecule is CN(C(=O)c1ccc(OC[C@H]2CCCO2)cc1)C1CCS(=O)CC1. The molecule has 1 amide bonds. The number of carbonyl (C=O) groups excluding carboxylic acids is 1. The lowest BCUT2D eigenvalue weighted by Crippen LogP contribution is -2.41. The Morgan fingerprint density at radius 3 is 2.58 bits per heavy atom. The maximum absolute atomic E-state index is 12.6. The van der Waals surface area contributed by atoms with E-state index < -0.39 is 10.8 Å². The predicted octanol–water partition coefficient (Wildman–Crippen LogP) is 2.23. The third-order valence-corrected chi connectivity index (χ3v) is 6.17. The first kappa shape index (κ1) is 17.4. The molecule has 0 aromatic heterocycles. The van der Waals surface area contributed by atoms with Crippen molar-refractivity contribution in [2.24, 2.45) is 0 Å². The molecule has 0 aliphatic carbocycles. The lowest BCUT2D eigenvalue weighted by molar-refractivity contribution is 0.0678. The van der Waals surface area contributed by atoms with Crippen molar-refractivity contribution >= 4 is 16.7 Å². The summed E-state index contributed by atoms with van der Waals surface area (Å²) in [5.74, 6) is 2.16. The molecular formula is C18H25NO4S. The second-order valence-corrected chi connectivity index (χ2v) is 8.16. The molecule has 2 aliphatic heterocycles. The largest absolute Gasteiger partial charge is 0.491 e. The van der Waals surface area contributed by atoms with Crippen molar-refractivity contribution in [3.8, 4) is 5.75 Å². The summed E-state index contributed by atoms with van der Waals surface area (Å²) in [5.41, 5.74) is 0.661. The van der Waals surface area contributed by atoms with Gasteiger partial charge in [-0.25, -0.2) is 0 Å². The Kier molecular flexibility index (Phi) is 5.89. The summed E-state index contributed by atoms with van der Waals surface area (Å²) in [7, 11) is 1.13. The summed E-state index contributed by atoms with van der Waals surface area (Å²) in [5, 5.41) is 0. The maximum Gasteiger partial charge on any atom is 0.253 e. The van der Waals surface area contributed by atoms with E-state index in [-0.39, 0.29) is 18.1 Å². The van der Waals surface area contributed by atoms with Crippen molar-refractivity contribution < 1.29 is 18.5 Å². The molecule has 0 bridgehead atoms. The van der Waals surface area contributed by atoms with E-state index in [1.807, 2.05) is 31.3 Å². The molecule has 2 fully saturated rings. The van der Waals surface area contributed by atoms with Crippen LogP contribution in [0.2, 0.25) is 0 Å². The fraction of sp³-hybridized carbons (Fsp3) is 0.611. The van der Waals surface area contributed by atoms with E-state index in [1.165, 1.54) is 0 Å². The van der Waals surface area contributed by atoms with E-state index in [2.05, 4.69) is 0 Å². The van der Waals surface area contributed by atoms with Gasteiger partial charge in [0.1, 0.15) is 12.4 Å². The summed E-state index contributed by atoms with van der Waals surface area (Å²) < 4.78 is 22.7. The number of ether oxygens (including phenoxy) is 2. The standard InChI is InChI=1S/C18H25NO4S/c1-19(15-8-11-24(21)12-9-15)18(20)14-4-6-16(7-5-14)23-13-17-3-2-10-22-17/h4-7,15,17H,2-3,8-13H2,1H3/t15?,17-,24?/m1/s1. The van der Waals surface area contributed by atoms with Gasteiger partial charge in [0.05, 0.1) is 6.10 Å². The first-order chi connectivity index (χ1) is 11.6. The molecule has 1 aromatic carbocycles. The van der Waals surface area contributed by atoms with Gasteiger partial charge in [-0.15, -0.1) is 0 Å². The van der Waals surface area contributed by atoms with Crippen LogP contribution in [0.5, 0.6) is 5.75 Å². The zero-order valence-corrected chi connectivity index (χ0v) is 14.9. The van der Waals surface area contributed by atoms with Gasteiger partial charge >= 0.3 is 0 Å². The second-order valence-electron chi connectivity index (χ2n) is 6.47. The third kappa shape index (κ3) is 4.36. The van der Waals surface area contributed by atoms with Gasteiger partial charge < -0.3 is 14.4 Å². The van der Waals surface area contributed by atoms with Crippen LogP contribution in [0.15, 0.2) is 24.3 Å². The van der Waals surface area contributed by atoms with Gasteiger partial charge in [0.15, 0.2) is 0 Å². The van der Waals surface area contributed by atoms with E-state index in [9.17, 15) is 9.00 Å². The van der Waals surface area contributed by atoms with Gasteiger partial charge in [0.2, 0.25) is 0 Å². The van der Waals surface area contributed by atoms with E-state index in [0.717, 1.165) is 38.0 Å². The molecule has 1 atom stereocenters. The Balaban J connectivity index is 1.53.